The van der Waals surface area contributed by atoms with Crippen LogP contribution in [0.25, 0.3) is 0 Å². The van der Waals surface area contributed by atoms with Crippen LogP contribution >= 0.6 is 0 Å². The van der Waals surface area contributed by atoms with E-state index in [4.69, 9.17) is 5.26 Å². The number of pyridine rings is 1. The second kappa shape index (κ2) is 6.30. The second-order valence-electron chi connectivity index (χ2n) is 4.80. The van der Waals surface area contributed by atoms with Crippen molar-refractivity contribution in [3.8, 4) is 6.07 Å². The van der Waals surface area contributed by atoms with E-state index in [0.29, 0.717) is 12.2 Å². The number of nitrogens with zero attached hydrogens (tertiary/aromatic N) is 3. The van der Waals surface area contributed by atoms with E-state index >= 15 is 0 Å². The Morgan fingerprint density at radius 2 is 2.32 bits per heavy atom. The summed E-state index contributed by atoms with van der Waals surface area (Å²) >= 11 is 0. The maximum absolute atomic E-state index is 12.1. The van der Waals surface area contributed by atoms with Gasteiger partial charge in [0, 0.05) is 25.8 Å². The molecule has 0 spiro atoms. The summed E-state index contributed by atoms with van der Waals surface area (Å²) in [5.74, 6) is 0.159. The zero-order valence-corrected chi connectivity index (χ0v) is 11.1. The van der Waals surface area contributed by atoms with Crippen molar-refractivity contribution in [3.63, 3.8) is 0 Å². The lowest BCUT2D eigenvalue weighted by Gasteiger charge is -2.21. The number of carbonyl (C=O) groups excluding carboxylic acids is 1. The number of nitrogens with one attached hydrogen (secondary N) is 1. The fraction of sp³-hybridized carbons (Fsp3) is 0.500. The highest BCUT2D eigenvalue weighted by atomic mass is 16.2. The minimum absolute atomic E-state index is 0.159. The van der Waals surface area contributed by atoms with Gasteiger partial charge in [-0.05, 0) is 37.5 Å². The van der Waals surface area contributed by atoms with Crippen LogP contribution in [0.5, 0.6) is 0 Å². The summed E-state index contributed by atoms with van der Waals surface area (Å²) in [6, 6.07) is 5.40. The Bertz CT molecular complexity index is 488. The summed E-state index contributed by atoms with van der Waals surface area (Å²) in [7, 11) is 0. The zero-order chi connectivity index (χ0) is 13.7. The van der Waals surface area contributed by atoms with Gasteiger partial charge in [0.1, 0.15) is 11.8 Å². The predicted molar refractivity (Wildman–Crippen MR) is 71.1 cm³/mol. The van der Waals surface area contributed by atoms with Crippen LogP contribution < -0.4 is 5.32 Å². The molecule has 1 fully saturated rings. The van der Waals surface area contributed by atoms with Crippen LogP contribution in [0.3, 0.4) is 0 Å². The van der Waals surface area contributed by atoms with Crippen molar-refractivity contribution in [1.82, 2.24) is 15.2 Å². The normalized spacial score (nSPS) is 16.1. The molecule has 1 aromatic rings. The minimum Gasteiger partial charge on any atom is -0.341 e. The highest BCUT2D eigenvalue weighted by Crippen LogP contribution is 2.09. The van der Waals surface area contributed by atoms with Gasteiger partial charge in [0.25, 0.3) is 0 Å². The van der Waals surface area contributed by atoms with Gasteiger partial charge >= 0.3 is 0 Å². The maximum atomic E-state index is 12.1. The molecule has 1 aliphatic rings. The summed E-state index contributed by atoms with van der Waals surface area (Å²) in [5, 5.41) is 12.0. The van der Waals surface area contributed by atoms with Gasteiger partial charge < -0.3 is 10.2 Å². The van der Waals surface area contributed by atoms with Crippen molar-refractivity contribution < 1.29 is 4.79 Å². The number of aromatic nitrogens is 1. The van der Waals surface area contributed by atoms with E-state index in [1.807, 2.05) is 24.0 Å². The number of hydrogen-bond donors (Lipinski definition) is 1. The first kappa shape index (κ1) is 13.5. The molecule has 0 aromatic carbocycles. The average Bonchev–Trinajstić information content (AvgIpc) is 2.98. The number of rotatable bonds is 4. The standard InChI is InChI=1S/C14H18N4O/c1-11(14(19)18-6-2-3-7-18)17-10-12-4-5-16-13(8-12)9-15/h4-5,8,11,17H,2-3,6-7,10H2,1H3. The monoisotopic (exact) mass is 258 g/mol. The third-order valence-corrected chi connectivity index (χ3v) is 3.34. The molecule has 1 saturated heterocycles. The molecule has 100 valence electrons. The molecular weight excluding hydrogens is 240 g/mol. The van der Waals surface area contributed by atoms with Gasteiger partial charge in [0.15, 0.2) is 0 Å². The summed E-state index contributed by atoms with van der Waals surface area (Å²) in [5.41, 5.74) is 1.37. The molecule has 0 saturated carbocycles. The first-order valence-electron chi connectivity index (χ1n) is 6.58. The van der Waals surface area contributed by atoms with Crippen LogP contribution in [0, 0.1) is 11.3 Å². The Labute approximate surface area is 113 Å². The topological polar surface area (TPSA) is 69.0 Å². The fourth-order valence-electron chi connectivity index (χ4n) is 2.22. The molecule has 1 atom stereocenters. The Balaban J connectivity index is 1.87. The molecular formula is C14H18N4O. The molecule has 1 unspecified atom stereocenters. The quantitative estimate of drug-likeness (QED) is 0.876. The molecule has 2 heterocycles. The number of amides is 1. The molecule has 0 bridgehead atoms. The van der Waals surface area contributed by atoms with Crippen molar-refractivity contribution in [1.29, 1.82) is 5.26 Å². The Morgan fingerprint density at radius 3 is 3.00 bits per heavy atom. The number of carbonyl (C=O) groups is 1. The second-order valence-corrected chi connectivity index (χ2v) is 4.80. The molecule has 19 heavy (non-hydrogen) atoms. The minimum atomic E-state index is -0.197. The molecule has 1 aliphatic heterocycles. The maximum Gasteiger partial charge on any atom is 0.239 e. The highest BCUT2D eigenvalue weighted by Gasteiger charge is 2.22. The highest BCUT2D eigenvalue weighted by molar-refractivity contribution is 5.81. The van der Waals surface area contributed by atoms with Gasteiger partial charge in [0.2, 0.25) is 5.91 Å². The van der Waals surface area contributed by atoms with Gasteiger partial charge in [0.05, 0.1) is 6.04 Å². The Hall–Kier alpha value is -1.93. The number of hydrogen-bond acceptors (Lipinski definition) is 4. The van der Waals surface area contributed by atoms with Gasteiger partial charge in [-0.15, -0.1) is 0 Å². The van der Waals surface area contributed by atoms with Crippen LogP contribution in [0.2, 0.25) is 0 Å². The van der Waals surface area contributed by atoms with Gasteiger partial charge in [-0.2, -0.15) is 5.26 Å². The first-order chi connectivity index (χ1) is 9.20. The third kappa shape index (κ3) is 3.52. The molecule has 1 aromatic heterocycles. The molecule has 1 amide bonds. The molecule has 0 radical (unpaired) electrons. The molecule has 2 rings (SSSR count). The van der Waals surface area contributed by atoms with Crippen molar-refractivity contribution in [2.24, 2.45) is 0 Å². The van der Waals surface area contributed by atoms with E-state index in [9.17, 15) is 4.79 Å². The predicted octanol–water partition coefficient (Wildman–Crippen LogP) is 1.05. The SMILES string of the molecule is CC(NCc1ccnc(C#N)c1)C(=O)N1CCCC1. The lowest BCUT2D eigenvalue weighted by molar-refractivity contribution is -0.131. The fourth-order valence-corrected chi connectivity index (χ4v) is 2.22. The average molecular weight is 258 g/mol. The Kier molecular flexibility index (Phi) is 4.48. The van der Waals surface area contributed by atoms with Gasteiger partial charge in [-0.1, -0.05) is 0 Å². The third-order valence-electron chi connectivity index (χ3n) is 3.34. The van der Waals surface area contributed by atoms with Crippen LogP contribution in [-0.2, 0) is 11.3 Å². The van der Waals surface area contributed by atoms with Crippen LogP contribution in [0.1, 0.15) is 31.0 Å². The Morgan fingerprint density at radius 1 is 1.58 bits per heavy atom. The molecule has 5 heteroatoms. The summed E-state index contributed by atoms with van der Waals surface area (Å²) < 4.78 is 0. The summed E-state index contributed by atoms with van der Waals surface area (Å²) in [6.45, 7) is 4.20. The van der Waals surface area contributed by atoms with Crippen LogP contribution in [0.15, 0.2) is 18.3 Å². The number of nitriles is 1. The van der Waals surface area contributed by atoms with Gasteiger partial charge in [-0.25, -0.2) is 4.98 Å². The van der Waals surface area contributed by atoms with Crippen molar-refractivity contribution in [2.45, 2.75) is 32.4 Å². The van der Waals surface area contributed by atoms with E-state index in [1.165, 1.54) is 0 Å². The van der Waals surface area contributed by atoms with Gasteiger partial charge in [-0.3, -0.25) is 4.79 Å². The van der Waals surface area contributed by atoms with E-state index in [-0.39, 0.29) is 11.9 Å². The van der Waals surface area contributed by atoms with E-state index < -0.39 is 0 Å². The van der Waals surface area contributed by atoms with Crippen LogP contribution in [-0.4, -0.2) is 34.9 Å². The molecule has 5 nitrogen and oxygen atoms in total. The zero-order valence-electron chi connectivity index (χ0n) is 11.1. The van der Waals surface area contributed by atoms with E-state index in [1.54, 1.807) is 12.3 Å². The van der Waals surface area contributed by atoms with E-state index in [0.717, 1.165) is 31.5 Å². The lowest BCUT2D eigenvalue weighted by Crippen LogP contribution is -2.43. The largest absolute Gasteiger partial charge is 0.341 e. The van der Waals surface area contributed by atoms with Crippen LogP contribution in [0.4, 0.5) is 0 Å². The number of likely N-dealkylation sites (tertiary alicyclic amines) is 1. The molecule has 1 N–H and O–H groups in total. The summed E-state index contributed by atoms with van der Waals surface area (Å²) in [4.78, 5) is 17.9. The summed E-state index contributed by atoms with van der Waals surface area (Å²) in [6.07, 6.45) is 3.82. The smallest absolute Gasteiger partial charge is 0.239 e. The van der Waals surface area contributed by atoms with Crippen molar-refractivity contribution >= 4 is 5.91 Å². The molecule has 0 aliphatic carbocycles. The first-order valence-corrected chi connectivity index (χ1v) is 6.58. The lowest BCUT2D eigenvalue weighted by atomic mass is 10.2. The van der Waals surface area contributed by atoms with E-state index in [2.05, 4.69) is 10.3 Å². The van der Waals surface area contributed by atoms with Crippen molar-refractivity contribution in [3.05, 3.63) is 29.6 Å². The van der Waals surface area contributed by atoms with Crippen molar-refractivity contribution in [2.75, 3.05) is 13.1 Å².